The molecule has 1 fully saturated rings. The monoisotopic (exact) mass is 399 g/mol. The highest BCUT2D eigenvalue weighted by molar-refractivity contribution is 6.62. The molecule has 0 atom stereocenters. The maximum absolute atomic E-state index is 9.38. The number of aromatic nitrogens is 3. The first kappa shape index (κ1) is 19.4. The second kappa shape index (κ2) is 6.56. The Morgan fingerprint density at radius 3 is 2.50 bits per heavy atom. The van der Waals surface area contributed by atoms with Crippen LogP contribution in [0, 0.1) is 6.92 Å². The molecule has 8 heteroatoms. The van der Waals surface area contributed by atoms with Crippen molar-refractivity contribution in [3.8, 4) is 11.4 Å². The number of nitrogens with zero attached hydrogens (tertiary/aromatic N) is 3. The van der Waals surface area contributed by atoms with E-state index in [2.05, 4.69) is 10.1 Å². The van der Waals surface area contributed by atoms with E-state index in [0.717, 1.165) is 16.6 Å². The fraction of sp³-hybridized carbons (Fsp3) is 0.400. The van der Waals surface area contributed by atoms with Crippen LogP contribution >= 0.6 is 11.6 Å². The summed E-state index contributed by atoms with van der Waals surface area (Å²) in [5, 5.41) is 14.4. The molecule has 1 aromatic carbocycles. The average molecular weight is 400 g/mol. The van der Waals surface area contributed by atoms with E-state index in [0.29, 0.717) is 22.1 Å². The number of benzene rings is 1. The normalized spacial score (nSPS) is 18.2. The minimum Gasteiger partial charge on any atom is -0.399 e. The van der Waals surface area contributed by atoms with Gasteiger partial charge in [0, 0.05) is 11.8 Å². The molecule has 0 spiro atoms. The number of hydrogen-bond acceptors (Lipinski definition) is 5. The molecule has 6 nitrogen and oxygen atoms in total. The second-order valence-electron chi connectivity index (χ2n) is 8.17. The summed E-state index contributed by atoms with van der Waals surface area (Å²) in [4.78, 5) is 4.60. The molecule has 0 aliphatic carbocycles. The van der Waals surface area contributed by atoms with Crippen molar-refractivity contribution in [3.05, 3.63) is 46.6 Å². The summed E-state index contributed by atoms with van der Waals surface area (Å²) >= 11 is 6.30. The van der Waals surface area contributed by atoms with Gasteiger partial charge in [-0.1, -0.05) is 29.8 Å². The zero-order valence-electron chi connectivity index (χ0n) is 16.7. The van der Waals surface area contributed by atoms with Gasteiger partial charge in [-0.3, -0.25) is 0 Å². The lowest BCUT2D eigenvalue weighted by molar-refractivity contribution is 0.00578. The molecule has 4 rings (SSSR count). The smallest absolute Gasteiger partial charge is 0.399 e. The number of aliphatic hydroxyl groups excluding tert-OH is 1. The van der Waals surface area contributed by atoms with E-state index in [-0.39, 0.29) is 6.61 Å². The van der Waals surface area contributed by atoms with Crippen molar-refractivity contribution in [2.45, 2.75) is 52.4 Å². The van der Waals surface area contributed by atoms with Gasteiger partial charge < -0.3 is 14.4 Å². The van der Waals surface area contributed by atoms with E-state index in [9.17, 15) is 5.11 Å². The third kappa shape index (κ3) is 3.03. The molecule has 28 heavy (non-hydrogen) atoms. The zero-order chi connectivity index (χ0) is 20.3. The van der Waals surface area contributed by atoms with Gasteiger partial charge in [0.15, 0.2) is 11.5 Å². The van der Waals surface area contributed by atoms with Crippen LogP contribution in [-0.2, 0) is 15.9 Å². The highest BCUT2D eigenvalue weighted by atomic mass is 35.5. The molecule has 0 unspecified atom stereocenters. The molecule has 0 amide bonds. The van der Waals surface area contributed by atoms with Crippen LogP contribution in [0.4, 0.5) is 0 Å². The highest BCUT2D eigenvalue weighted by Gasteiger charge is 2.52. The van der Waals surface area contributed by atoms with Crippen molar-refractivity contribution >= 4 is 29.8 Å². The van der Waals surface area contributed by atoms with Crippen molar-refractivity contribution in [2.75, 3.05) is 0 Å². The number of pyridine rings is 1. The summed E-state index contributed by atoms with van der Waals surface area (Å²) in [6.07, 6.45) is 1.73. The summed E-state index contributed by atoms with van der Waals surface area (Å²) in [5.74, 6) is 0.563. The molecular formula is C20H23BClN3O3. The van der Waals surface area contributed by atoms with Crippen molar-refractivity contribution in [2.24, 2.45) is 0 Å². The Balaban J connectivity index is 1.78. The van der Waals surface area contributed by atoms with Crippen LogP contribution in [-0.4, -0.2) is 38.0 Å². The quantitative estimate of drug-likeness (QED) is 0.685. The predicted octanol–water partition coefficient (Wildman–Crippen LogP) is 3.15. The van der Waals surface area contributed by atoms with Gasteiger partial charge >= 0.3 is 7.12 Å². The second-order valence-corrected chi connectivity index (χ2v) is 8.57. The number of fused-ring (bicyclic) bond motifs is 1. The lowest BCUT2D eigenvalue weighted by Crippen LogP contribution is -2.41. The van der Waals surface area contributed by atoms with Crippen molar-refractivity contribution in [1.29, 1.82) is 0 Å². The Labute approximate surface area is 169 Å². The number of aliphatic hydroxyl groups is 1. The first-order valence-corrected chi connectivity index (χ1v) is 9.62. The molecule has 2 aromatic heterocycles. The Morgan fingerprint density at radius 1 is 1.18 bits per heavy atom. The average Bonchev–Trinajstić information content (AvgIpc) is 3.13. The predicted molar refractivity (Wildman–Crippen MR) is 110 cm³/mol. The van der Waals surface area contributed by atoms with E-state index in [1.807, 2.05) is 52.8 Å². The van der Waals surface area contributed by atoms with Gasteiger partial charge in [-0.25, -0.2) is 9.50 Å². The van der Waals surface area contributed by atoms with E-state index in [1.54, 1.807) is 16.8 Å². The highest BCUT2D eigenvalue weighted by Crippen LogP contribution is 2.37. The van der Waals surface area contributed by atoms with Crippen LogP contribution in [0.2, 0.25) is 5.02 Å². The van der Waals surface area contributed by atoms with Gasteiger partial charge in [0.05, 0.1) is 22.8 Å². The van der Waals surface area contributed by atoms with E-state index >= 15 is 0 Å². The standard InChI is InChI=1S/C20H23BClN3O3/c1-12-14(17-23-18-16(22)9-13(11-26)10-25(18)24-17)7-6-8-15(12)21-27-19(2,3)20(4,5)28-21/h6-10,26H,11H2,1-5H3. The molecule has 1 aliphatic rings. The molecule has 0 bridgehead atoms. The van der Waals surface area contributed by atoms with E-state index < -0.39 is 18.3 Å². The van der Waals surface area contributed by atoms with E-state index in [1.165, 1.54) is 0 Å². The van der Waals surface area contributed by atoms with E-state index in [4.69, 9.17) is 20.9 Å². The molecule has 1 N–H and O–H groups in total. The molecule has 0 saturated carbocycles. The third-order valence-electron chi connectivity index (χ3n) is 5.75. The fourth-order valence-corrected chi connectivity index (χ4v) is 3.59. The first-order chi connectivity index (χ1) is 13.1. The Kier molecular flexibility index (Phi) is 4.54. The number of rotatable bonds is 3. The Hall–Kier alpha value is -1.93. The van der Waals surface area contributed by atoms with Gasteiger partial charge in [0.2, 0.25) is 0 Å². The summed E-state index contributed by atoms with van der Waals surface area (Å²) in [6.45, 7) is 10.1. The topological polar surface area (TPSA) is 68.9 Å². The molecule has 1 aliphatic heterocycles. The van der Waals surface area contributed by atoms with Gasteiger partial charge in [0.25, 0.3) is 0 Å². The third-order valence-corrected chi connectivity index (χ3v) is 6.03. The summed E-state index contributed by atoms with van der Waals surface area (Å²) in [5.41, 5.74) is 3.25. The van der Waals surface area contributed by atoms with Crippen LogP contribution < -0.4 is 5.46 Å². The van der Waals surface area contributed by atoms with Crippen molar-refractivity contribution in [1.82, 2.24) is 14.6 Å². The molecule has 1 saturated heterocycles. The van der Waals surface area contributed by atoms with Gasteiger partial charge in [-0.05, 0) is 57.3 Å². The fourth-order valence-electron chi connectivity index (χ4n) is 3.32. The van der Waals surface area contributed by atoms with Crippen LogP contribution in [0.15, 0.2) is 30.5 Å². The Morgan fingerprint density at radius 2 is 1.86 bits per heavy atom. The maximum Gasteiger partial charge on any atom is 0.495 e. The minimum absolute atomic E-state index is 0.110. The number of halogens is 1. The SMILES string of the molecule is Cc1c(B2OC(C)(C)C(C)(C)O2)cccc1-c1nc2c(Cl)cc(CO)cn2n1. The summed E-state index contributed by atoms with van der Waals surface area (Å²) in [7, 11) is -0.452. The van der Waals surface area contributed by atoms with Crippen molar-refractivity contribution < 1.29 is 14.4 Å². The van der Waals surface area contributed by atoms with Gasteiger partial charge in [0.1, 0.15) is 0 Å². The Bertz CT molecular complexity index is 1050. The lowest BCUT2D eigenvalue weighted by atomic mass is 9.75. The largest absolute Gasteiger partial charge is 0.495 e. The molecule has 146 valence electrons. The van der Waals surface area contributed by atoms with Crippen LogP contribution in [0.25, 0.3) is 17.0 Å². The van der Waals surface area contributed by atoms with Gasteiger partial charge in [-0.2, -0.15) is 0 Å². The number of hydrogen-bond donors (Lipinski definition) is 1. The summed E-state index contributed by atoms with van der Waals surface area (Å²) < 4.78 is 14.0. The molecule has 3 aromatic rings. The lowest BCUT2D eigenvalue weighted by Gasteiger charge is -2.32. The van der Waals surface area contributed by atoms with Gasteiger partial charge in [-0.15, -0.1) is 5.10 Å². The minimum atomic E-state index is -0.452. The van der Waals surface area contributed by atoms with Crippen LogP contribution in [0.5, 0.6) is 0 Å². The molecule has 3 heterocycles. The first-order valence-electron chi connectivity index (χ1n) is 9.24. The zero-order valence-corrected chi connectivity index (χ0v) is 17.4. The van der Waals surface area contributed by atoms with Crippen LogP contribution in [0.1, 0.15) is 38.8 Å². The maximum atomic E-state index is 9.38. The van der Waals surface area contributed by atoms with Crippen LogP contribution in [0.3, 0.4) is 0 Å². The molecular weight excluding hydrogens is 377 g/mol. The molecule has 0 radical (unpaired) electrons. The van der Waals surface area contributed by atoms with Crippen molar-refractivity contribution in [3.63, 3.8) is 0 Å². The summed E-state index contributed by atoms with van der Waals surface area (Å²) in [6, 6.07) is 7.63.